The Bertz CT molecular complexity index is 777. The zero-order chi connectivity index (χ0) is 13.9. The van der Waals surface area contributed by atoms with Gasteiger partial charge in [0.05, 0.1) is 18.4 Å². The van der Waals surface area contributed by atoms with Crippen molar-refractivity contribution in [3.63, 3.8) is 0 Å². The Morgan fingerprint density at radius 2 is 2.10 bits per heavy atom. The summed E-state index contributed by atoms with van der Waals surface area (Å²) in [5.74, 6) is 0.807. The van der Waals surface area contributed by atoms with Gasteiger partial charge in [-0.15, -0.1) is 11.3 Å². The van der Waals surface area contributed by atoms with Crippen LogP contribution in [0.25, 0.3) is 10.2 Å². The maximum Gasteiger partial charge on any atom is 0.271 e. The molecule has 0 saturated carbocycles. The molecule has 0 N–H and O–H groups in total. The van der Waals surface area contributed by atoms with E-state index in [0.717, 1.165) is 16.8 Å². The first-order valence-electron chi connectivity index (χ1n) is 6.37. The zero-order valence-electron chi connectivity index (χ0n) is 11.1. The third-order valence-corrected chi connectivity index (χ3v) is 4.14. The first-order valence-corrected chi connectivity index (χ1v) is 7.25. The summed E-state index contributed by atoms with van der Waals surface area (Å²) in [4.78, 5) is 16.6. The Kier molecular flexibility index (Phi) is 3.52. The number of benzene rings is 1. The van der Waals surface area contributed by atoms with E-state index in [0.29, 0.717) is 17.9 Å². The van der Waals surface area contributed by atoms with Gasteiger partial charge < -0.3 is 4.74 Å². The van der Waals surface area contributed by atoms with Crippen LogP contribution in [0.3, 0.4) is 0 Å². The largest absolute Gasteiger partial charge is 0.492 e. The van der Waals surface area contributed by atoms with Gasteiger partial charge in [0.1, 0.15) is 17.1 Å². The van der Waals surface area contributed by atoms with Crippen molar-refractivity contribution in [2.75, 3.05) is 6.61 Å². The van der Waals surface area contributed by atoms with Crippen molar-refractivity contribution >= 4 is 21.6 Å². The van der Waals surface area contributed by atoms with Crippen LogP contribution in [0.15, 0.2) is 46.8 Å². The number of aromatic nitrogens is 2. The van der Waals surface area contributed by atoms with Crippen molar-refractivity contribution < 1.29 is 4.74 Å². The van der Waals surface area contributed by atoms with E-state index in [1.165, 1.54) is 11.3 Å². The van der Waals surface area contributed by atoms with Crippen molar-refractivity contribution in [2.45, 2.75) is 13.5 Å². The maximum absolute atomic E-state index is 12.3. The molecule has 0 atom stereocenters. The summed E-state index contributed by atoms with van der Waals surface area (Å²) in [5, 5.41) is 1.96. The van der Waals surface area contributed by atoms with Crippen LogP contribution in [0.2, 0.25) is 0 Å². The van der Waals surface area contributed by atoms with Crippen LogP contribution in [-0.2, 0) is 6.54 Å². The van der Waals surface area contributed by atoms with Gasteiger partial charge in [0.15, 0.2) is 0 Å². The molecule has 2 heterocycles. The summed E-state index contributed by atoms with van der Waals surface area (Å²) >= 11 is 1.45. The number of aryl methyl sites for hydroxylation is 1. The van der Waals surface area contributed by atoms with Gasteiger partial charge in [-0.25, -0.2) is 4.98 Å². The van der Waals surface area contributed by atoms with Crippen molar-refractivity contribution in [3.05, 3.63) is 58.0 Å². The minimum atomic E-state index is 0.00441. The highest BCUT2D eigenvalue weighted by molar-refractivity contribution is 7.17. The average molecular weight is 286 g/mol. The second kappa shape index (κ2) is 5.46. The molecule has 0 bridgehead atoms. The fourth-order valence-electron chi connectivity index (χ4n) is 2.00. The molecule has 3 aromatic rings. The number of para-hydroxylation sites is 1. The number of rotatable bonds is 4. The lowest BCUT2D eigenvalue weighted by Gasteiger charge is -2.07. The molecule has 0 amide bonds. The molecule has 4 nitrogen and oxygen atoms in total. The number of ether oxygens (including phenoxy) is 1. The Hall–Kier alpha value is -2.14. The van der Waals surface area contributed by atoms with Gasteiger partial charge in [0, 0.05) is 0 Å². The third kappa shape index (κ3) is 2.44. The first kappa shape index (κ1) is 12.9. The van der Waals surface area contributed by atoms with E-state index in [2.05, 4.69) is 4.98 Å². The van der Waals surface area contributed by atoms with Gasteiger partial charge in [0.25, 0.3) is 5.56 Å². The smallest absolute Gasteiger partial charge is 0.271 e. The van der Waals surface area contributed by atoms with E-state index in [9.17, 15) is 4.79 Å². The van der Waals surface area contributed by atoms with Gasteiger partial charge >= 0.3 is 0 Å². The molecule has 1 aromatic carbocycles. The molecular formula is C15H14N2O2S. The number of nitrogens with zero attached hydrogens (tertiary/aromatic N) is 2. The summed E-state index contributed by atoms with van der Waals surface area (Å²) in [6, 6.07) is 9.57. The standard InChI is InChI=1S/C15H14N2O2S/c1-11-9-20-14-13(11)16-10-17(15(14)18)7-8-19-12-5-3-2-4-6-12/h2-6,9-10H,7-8H2,1H3. The Balaban J connectivity index is 1.75. The minimum Gasteiger partial charge on any atom is -0.492 e. The molecule has 3 rings (SSSR count). The van der Waals surface area contributed by atoms with Crippen molar-refractivity contribution in [2.24, 2.45) is 0 Å². The normalized spacial score (nSPS) is 10.8. The fourth-order valence-corrected chi connectivity index (χ4v) is 2.95. The fraction of sp³-hybridized carbons (Fsp3) is 0.200. The quantitative estimate of drug-likeness (QED) is 0.741. The Morgan fingerprint density at radius 1 is 1.30 bits per heavy atom. The summed E-state index contributed by atoms with van der Waals surface area (Å²) in [7, 11) is 0. The van der Waals surface area contributed by atoms with Crippen LogP contribution in [0, 0.1) is 6.92 Å². The van der Waals surface area contributed by atoms with Crippen LogP contribution in [0.1, 0.15) is 5.56 Å². The lowest BCUT2D eigenvalue weighted by molar-refractivity contribution is 0.296. The molecule has 20 heavy (non-hydrogen) atoms. The van der Waals surface area contributed by atoms with Crippen molar-refractivity contribution in [3.8, 4) is 5.75 Å². The van der Waals surface area contributed by atoms with E-state index in [1.807, 2.05) is 42.6 Å². The molecule has 0 radical (unpaired) electrons. The lowest BCUT2D eigenvalue weighted by Crippen LogP contribution is -2.22. The lowest BCUT2D eigenvalue weighted by atomic mass is 10.3. The van der Waals surface area contributed by atoms with Crippen LogP contribution in [-0.4, -0.2) is 16.2 Å². The SMILES string of the molecule is Cc1csc2c(=O)n(CCOc3ccccc3)cnc12. The number of thiophene rings is 1. The van der Waals surface area contributed by atoms with E-state index in [-0.39, 0.29) is 5.56 Å². The molecule has 102 valence electrons. The highest BCUT2D eigenvalue weighted by Crippen LogP contribution is 2.19. The van der Waals surface area contributed by atoms with Crippen molar-refractivity contribution in [1.29, 1.82) is 0 Å². The molecule has 0 fully saturated rings. The van der Waals surface area contributed by atoms with Gasteiger partial charge in [-0.3, -0.25) is 9.36 Å². The molecule has 2 aromatic heterocycles. The molecule has 0 aliphatic carbocycles. The maximum atomic E-state index is 12.3. The molecule has 0 spiro atoms. The summed E-state index contributed by atoms with van der Waals surface area (Å²) in [6.07, 6.45) is 1.60. The second-order valence-corrected chi connectivity index (χ2v) is 5.38. The van der Waals surface area contributed by atoms with Crippen molar-refractivity contribution in [1.82, 2.24) is 9.55 Å². The minimum absolute atomic E-state index is 0.00441. The zero-order valence-corrected chi connectivity index (χ0v) is 11.9. The molecule has 0 saturated heterocycles. The Labute approximate surface area is 120 Å². The van der Waals surface area contributed by atoms with Gasteiger partial charge in [-0.05, 0) is 30.0 Å². The monoisotopic (exact) mass is 286 g/mol. The number of hydrogen-bond acceptors (Lipinski definition) is 4. The van der Waals surface area contributed by atoms with Gasteiger partial charge in [-0.1, -0.05) is 18.2 Å². The van der Waals surface area contributed by atoms with E-state index in [4.69, 9.17) is 4.74 Å². The highest BCUT2D eigenvalue weighted by atomic mass is 32.1. The average Bonchev–Trinajstić information content (AvgIpc) is 2.85. The van der Waals surface area contributed by atoms with E-state index < -0.39 is 0 Å². The molecular weight excluding hydrogens is 272 g/mol. The van der Waals surface area contributed by atoms with Crippen LogP contribution in [0.4, 0.5) is 0 Å². The molecule has 5 heteroatoms. The van der Waals surface area contributed by atoms with Crippen LogP contribution < -0.4 is 10.3 Å². The number of hydrogen-bond donors (Lipinski definition) is 0. The Morgan fingerprint density at radius 3 is 2.90 bits per heavy atom. The summed E-state index contributed by atoms with van der Waals surface area (Å²) < 4.78 is 7.91. The summed E-state index contributed by atoms with van der Waals surface area (Å²) in [5.41, 5.74) is 1.86. The first-order chi connectivity index (χ1) is 9.75. The summed E-state index contributed by atoms with van der Waals surface area (Å²) in [6.45, 7) is 2.91. The molecule has 0 aliphatic rings. The predicted octanol–water partition coefficient (Wildman–Crippen LogP) is 2.85. The molecule has 0 aliphatic heterocycles. The molecule has 0 unspecified atom stereocenters. The van der Waals surface area contributed by atoms with E-state index >= 15 is 0 Å². The topological polar surface area (TPSA) is 44.1 Å². The van der Waals surface area contributed by atoms with Crippen LogP contribution in [0.5, 0.6) is 5.75 Å². The van der Waals surface area contributed by atoms with E-state index in [1.54, 1.807) is 10.9 Å². The predicted molar refractivity (Wildman–Crippen MR) is 80.6 cm³/mol. The highest BCUT2D eigenvalue weighted by Gasteiger charge is 2.08. The van der Waals surface area contributed by atoms with Crippen LogP contribution >= 0.6 is 11.3 Å². The second-order valence-electron chi connectivity index (χ2n) is 4.50. The van der Waals surface area contributed by atoms with Gasteiger partial charge in [-0.2, -0.15) is 0 Å². The third-order valence-electron chi connectivity index (χ3n) is 3.07. The number of fused-ring (bicyclic) bond motifs is 1. The van der Waals surface area contributed by atoms with Gasteiger partial charge in [0.2, 0.25) is 0 Å².